The molecule has 2 aromatic rings. The highest BCUT2D eigenvalue weighted by molar-refractivity contribution is 8.00. The summed E-state index contributed by atoms with van der Waals surface area (Å²) < 4.78 is 1.89. The van der Waals surface area contributed by atoms with Crippen molar-refractivity contribution in [3.05, 3.63) is 35.8 Å². The number of rotatable bonds is 3. The van der Waals surface area contributed by atoms with Gasteiger partial charge in [0, 0.05) is 24.1 Å². The number of aromatic carboxylic acids is 1. The molecule has 4 nitrogen and oxygen atoms in total. The molecule has 0 saturated carbocycles. The second-order valence-electron chi connectivity index (χ2n) is 4.56. The minimum Gasteiger partial charge on any atom is -0.478 e. The van der Waals surface area contributed by atoms with E-state index in [0.717, 1.165) is 12.1 Å². The van der Waals surface area contributed by atoms with E-state index in [4.69, 9.17) is 5.11 Å². The highest BCUT2D eigenvalue weighted by atomic mass is 32.2. The summed E-state index contributed by atoms with van der Waals surface area (Å²) in [6.07, 6.45) is 7.30. The van der Waals surface area contributed by atoms with Crippen molar-refractivity contribution in [3.63, 3.8) is 0 Å². The van der Waals surface area contributed by atoms with Crippen LogP contribution in [0.15, 0.2) is 24.5 Å². The average Bonchev–Trinajstić information content (AvgIpc) is 2.96. The minimum absolute atomic E-state index is 0.287. The molecule has 0 spiro atoms. The predicted molar refractivity (Wildman–Crippen MR) is 71.3 cm³/mol. The van der Waals surface area contributed by atoms with E-state index in [2.05, 4.69) is 4.98 Å². The SMILES string of the molecule is O=C(O)c1ccn2cc(CC3CCCS3)nc2c1. The molecule has 1 aliphatic heterocycles. The lowest BCUT2D eigenvalue weighted by molar-refractivity contribution is 0.0697. The summed E-state index contributed by atoms with van der Waals surface area (Å²) in [6, 6.07) is 3.22. The first-order valence-corrected chi connectivity index (χ1v) is 7.10. The number of carboxylic acids is 1. The number of nitrogens with zero attached hydrogens (tertiary/aromatic N) is 2. The predicted octanol–water partition coefficient (Wildman–Crippen LogP) is 2.47. The van der Waals surface area contributed by atoms with Crippen molar-refractivity contribution in [2.75, 3.05) is 5.75 Å². The van der Waals surface area contributed by atoms with E-state index in [1.54, 1.807) is 18.3 Å². The van der Waals surface area contributed by atoms with Gasteiger partial charge in [-0.3, -0.25) is 0 Å². The quantitative estimate of drug-likeness (QED) is 0.923. The fraction of sp³-hybridized carbons (Fsp3) is 0.385. The molecule has 0 aromatic carbocycles. The van der Waals surface area contributed by atoms with Crippen LogP contribution in [0.5, 0.6) is 0 Å². The van der Waals surface area contributed by atoms with Gasteiger partial charge < -0.3 is 9.51 Å². The van der Waals surface area contributed by atoms with E-state index in [1.165, 1.54) is 18.6 Å². The highest BCUT2D eigenvalue weighted by Gasteiger charge is 2.17. The van der Waals surface area contributed by atoms with Gasteiger partial charge in [0.1, 0.15) is 5.65 Å². The van der Waals surface area contributed by atoms with Crippen molar-refractivity contribution in [3.8, 4) is 0 Å². The van der Waals surface area contributed by atoms with Gasteiger partial charge in [0.2, 0.25) is 0 Å². The maximum atomic E-state index is 10.9. The van der Waals surface area contributed by atoms with Gasteiger partial charge in [-0.05, 0) is 30.7 Å². The van der Waals surface area contributed by atoms with Crippen molar-refractivity contribution in [1.29, 1.82) is 0 Å². The summed E-state index contributed by atoms with van der Waals surface area (Å²) in [5.41, 5.74) is 2.06. The summed E-state index contributed by atoms with van der Waals surface area (Å²) in [5, 5.41) is 9.62. The Hall–Kier alpha value is -1.49. The van der Waals surface area contributed by atoms with Crippen LogP contribution in [-0.2, 0) is 6.42 Å². The normalized spacial score (nSPS) is 19.4. The number of imidazole rings is 1. The van der Waals surface area contributed by atoms with Gasteiger partial charge in [-0.1, -0.05) is 0 Å². The van der Waals surface area contributed by atoms with Crippen molar-refractivity contribution < 1.29 is 9.90 Å². The first-order chi connectivity index (χ1) is 8.72. The molecule has 3 heterocycles. The lowest BCUT2D eigenvalue weighted by atomic mass is 10.2. The molecule has 0 amide bonds. The molecule has 1 unspecified atom stereocenters. The third-order valence-electron chi connectivity index (χ3n) is 3.22. The third kappa shape index (κ3) is 2.22. The number of hydrogen-bond donors (Lipinski definition) is 1. The lowest BCUT2D eigenvalue weighted by Crippen LogP contribution is -2.01. The van der Waals surface area contributed by atoms with Crippen molar-refractivity contribution in [1.82, 2.24) is 9.38 Å². The van der Waals surface area contributed by atoms with E-state index in [-0.39, 0.29) is 5.56 Å². The van der Waals surface area contributed by atoms with E-state index < -0.39 is 5.97 Å². The minimum atomic E-state index is -0.909. The van der Waals surface area contributed by atoms with Gasteiger partial charge in [-0.15, -0.1) is 0 Å². The fourth-order valence-corrected chi connectivity index (χ4v) is 3.59. The molecule has 1 atom stereocenters. The largest absolute Gasteiger partial charge is 0.478 e. The standard InChI is InChI=1S/C13H14N2O2S/c16-13(17)9-3-4-15-8-10(14-12(15)6-9)7-11-2-1-5-18-11/h3-4,6,8,11H,1-2,5,7H2,(H,16,17). The van der Waals surface area contributed by atoms with Gasteiger partial charge in [0.25, 0.3) is 0 Å². The van der Waals surface area contributed by atoms with Crippen molar-refractivity contribution in [2.24, 2.45) is 0 Å². The van der Waals surface area contributed by atoms with Crippen LogP contribution in [0.25, 0.3) is 5.65 Å². The number of aromatic nitrogens is 2. The van der Waals surface area contributed by atoms with Gasteiger partial charge in [0.05, 0.1) is 11.3 Å². The molecule has 5 heteroatoms. The highest BCUT2D eigenvalue weighted by Crippen LogP contribution is 2.28. The van der Waals surface area contributed by atoms with Crippen molar-refractivity contribution >= 4 is 23.4 Å². The molecule has 18 heavy (non-hydrogen) atoms. The number of fused-ring (bicyclic) bond motifs is 1. The molecule has 1 fully saturated rings. The fourth-order valence-electron chi connectivity index (χ4n) is 2.30. The molecule has 2 aromatic heterocycles. The van der Waals surface area contributed by atoms with Gasteiger partial charge in [0.15, 0.2) is 0 Å². The molecule has 0 bridgehead atoms. The van der Waals surface area contributed by atoms with Crippen LogP contribution in [0.1, 0.15) is 28.9 Å². The molecule has 1 saturated heterocycles. The summed E-state index contributed by atoms with van der Waals surface area (Å²) in [4.78, 5) is 15.4. The molecule has 0 aliphatic carbocycles. The summed E-state index contributed by atoms with van der Waals surface area (Å²) >= 11 is 2.01. The zero-order valence-corrected chi connectivity index (χ0v) is 10.7. The first-order valence-electron chi connectivity index (χ1n) is 6.05. The number of thioether (sulfide) groups is 1. The number of carbonyl (C=O) groups is 1. The zero-order chi connectivity index (χ0) is 12.5. The smallest absolute Gasteiger partial charge is 0.335 e. The van der Waals surface area contributed by atoms with Crippen LogP contribution >= 0.6 is 11.8 Å². The lowest BCUT2D eigenvalue weighted by Gasteiger charge is -2.03. The van der Waals surface area contributed by atoms with Gasteiger partial charge in [-0.2, -0.15) is 11.8 Å². The Labute approximate surface area is 109 Å². The van der Waals surface area contributed by atoms with Gasteiger partial charge >= 0.3 is 5.97 Å². The Balaban J connectivity index is 1.87. The topological polar surface area (TPSA) is 54.6 Å². The van der Waals surface area contributed by atoms with Crippen LogP contribution in [0.3, 0.4) is 0 Å². The summed E-state index contributed by atoms with van der Waals surface area (Å²) in [6.45, 7) is 0. The zero-order valence-electron chi connectivity index (χ0n) is 9.87. The Bertz CT molecular complexity index is 588. The molecule has 3 rings (SSSR count). The van der Waals surface area contributed by atoms with Crippen LogP contribution in [0.2, 0.25) is 0 Å². The Morgan fingerprint density at radius 2 is 2.50 bits per heavy atom. The van der Waals surface area contributed by atoms with Gasteiger partial charge in [-0.25, -0.2) is 9.78 Å². The van der Waals surface area contributed by atoms with E-state index in [0.29, 0.717) is 10.9 Å². The molecular weight excluding hydrogens is 248 g/mol. The molecule has 1 aliphatic rings. The first kappa shape index (κ1) is 11.6. The van der Waals surface area contributed by atoms with E-state index >= 15 is 0 Å². The summed E-state index contributed by atoms with van der Waals surface area (Å²) in [7, 11) is 0. The monoisotopic (exact) mass is 262 g/mol. The van der Waals surface area contributed by atoms with Crippen molar-refractivity contribution in [2.45, 2.75) is 24.5 Å². The number of carboxylic acid groups (broad SMARTS) is 1. The second-order valence-corrected chi connectivity index (χ2v) is 5.97. The van der Waals surface area contributed by atoms with E-state index in [1.807, 2.05) is 22.4 Å². The molecular formula is C13H14N2O2S. The maximum Gasteiger partial charge on any atom is 0.335 e. The maximum absolute atomic E-state index is 10.9. The number of hydrogen-bond acceptors (Lipinski definition) is 3. The third-order valence-corrected chi connectivity index (χ3v) is 4.62. The van der Waals surface area contributed by atoms with E-state index in [9.17, 15) is 4.79 Å². The Morgan fingerprint density at radius 3 is 3.22 bits per heavy atom. The molecule has 94 valence electrons. The van der Waals surface area contributed by atoms with Crippen LogP contribution in [0.4, 0.5) is 0 Å². The second kappa shape index (κ2) is 4.65. The van der Waals surface area contributed by atoms with Crippen LogP contribution in [-0.4, -0.2) is 31.5 Å². The molecule has 1 N–H and O–H groups in total. The Kier molecular flexibility index (Phi) is 2.99. The van der Waals surface area contributed by atoms with Crippen LogP contribution < -0.4 is 0 Å². The summed E-state index contributed by atoms with van der Waals surface area (Å²) in [5.74, 6) is 0.342. The Morgan fingerprint density at radius 1 is 1.61 bits per heavy atom. The average molecular weight is 262 g/mol. The number of pyridine rings is 1. The molecule has 0 radical (unpaired) electrons. The van der Waals surface area contributed by atoms with Crippen LogP contribution in [0, 0.1) is 0 Å².